The number of anilines is 1. The second kappa shape index (κ2) is 5.65. The molecular formula is C13H17N5O3. The Balaban J connectivity index is 1.80. The van der Waals surface area contributed by atoms with Crippen LogP contribution in [0.3, 0.4) is 0 Å². The van der Waals surface area contributed by atoms with Crippen LogP contribution in [0.5, 0.6) is 0 Å². The Bertz CT molecular complexity index is 656. The van der Waals surface area contributed by atoms with E-state index >= 15 is 0 Å². The largest absolute Gasteiger partial charge is 0.381 e. The van der Waals surface area contributed by atoms with Crippen LogP contribution < -0.4 is 5.32 Å². The number of hydrogen-bond donors (Lipinski definition) is 1. The topological polar surface area (TPSA) is 94.6 Å². The molecule has 21 heavy (non-hydrogen) atoms. The SMILES string of the molecule is COC1CCCC(Nc2ccc3ncc([N+](=O)[O-])n3n2)C1. The van der Waals surface area contributed by atoms with E-state index < -0.39 is 4.92 Å². The zero-order chi connectivity index (χ0) is 14.8. The molecule has 1 N–H and O–H groups in total. The summed E-state index contributed by atoms with van der Waals surface area (Å²) in [5, 5.41) is 18.5. The van der Waals surface area contributed by atoms with Crippen molar-refractivity contribution in [2.45, 2.75) is 37.8 Å². The van der Waals surface area contributed by atoms with Crippen molar-refractivity contribution in [2.24, 2.45) is 0 Å². The minimum Gasteiger partial charge on any atom is -0.381 e. The van der Waals surface area contributed by atoms with Gasteiger partial charge in [-0.05, 0) is 36.7 Å². The molecule has 1 aliphatic carbocycles. The fourth-order valence-electron chi connectivity index (χ4n) is 2.76. The van der Waals surface area contributed by atoms with Gasteiger partial charge >= 0.3 is 5.82 Å². The normalized spacial score (nSPS) is 22.3. The zero-order valence-corrected chi connectivity index (χ0v) is 11.7. The van der Waals surface area contributed by atoms with E-state index in [4.69, 9.17) is 4.74 Å². The van der Waals surface area contributed by atoms with E-state index in [1.807, 2.05) is 0 Å². The molecule has 1 saturated carbocycles. The molecule has 0 bridgehead atoms. The molecule has 2 unspecified atom stereocenters. The Kier molecular flexibility index (Phi) is 3.70. The van der Waals surface area contributed by atoms with Gasteiger partial charge in [-0.15, -0.1) is 0 Å². The van der Waals surface area contributed by atoms with Gasteiger partial charge < -0.3 is 20.2 Å². The third kappa shape index (κ3) is 2.80. The predicted molar refractivity (Wildman–Crippen MR) is 76.3 cm³/mol. The summed E-state index contributed by atoms with van der Waals surface area (Å²) in [4.78, 5) is 14.4. The number of aromatic nitrogens is 3. The van der Waals surface area contributed by atoms with Crippen LogP contribution in [-0.4, -0.2) is 38.8 Å². The molecule has 8 heteroatoms. The molecule has 0 spiro atoms. The molecule has 2 heterocycles. The summed E-state index contributed by atoms with van der Waals surface area (Å²) in [7, 11) is 1.73. The van der Waals surface area contributed by atoms with E-state index in [9.17, 15) is 10.1 Å². The van der Waals surface area contributed by atoms with Crippen LogP contribution in [0, 0.1) is 10.1 Å². The van der Waals surface area contributed by atoms with E-state index in [1.54, 1.807) is 19.2 Å². The molecule has 0 aromatic carbocycles. The van der Waals surface area contributed by atoms with Gasteiger partial charge in [-0.3, -0.25) is 0 Å². The first-order chi connectivity index (χ1) is 10.2. The summed E-state index contributed by atoms with van der Waals surface area (Å²) in [5.74, 6) is 0.484. The zero-order valence-electron chi connectivity index (χ0n) is 11.7. The molecule has 2 aromatic rings. The van der Waals surface area contributed by atoms with Crippen LogP contribution in [0.2, 0.25) is 0 Å². The second-order valence-electron chi connectivity index (χ2n) is 5.23. The molecule has 0 aliphatic heterocycles. The maximum atomic E-state index is 10.9. The summed E-state index contributed by atoms with van der Waals surface area (Å²) in [5.41, 5.74) is 0.464. The smallest absolute Gasteiger partial charge is 0.368 e. The van der Waals surface area contributed by atoms with Crippen LogP contribution in [0.1, 0.15) is 25.7 Å². The Morgan fingerprint density at radius 2 is 2.33 bits per heavy atom. The number of nitro groups is 1. The number of nitrogens with one attached hydrogen (secondary N) is 1. The third-order valence-electron chi connectivity index (χ3n) is 3.84. The maximum Gasteiger partial charge on any atom is 0.368 e. The summed E-state index contributed by atoms with van der Waals surface area (Å²) < 4.78 is 6.65. The van der Waals surface area contributed by atoms with Gasteiger partial charge in [0, 0.05) is 19.2 Å². The van der Waals surface area contributed by atoms with E-state index in [-0.39, 0.29) is 18.0 Å². The molecule has 2 aromatic heterocycles. The van der Waals surface area contributed by atoms with Gasteiger partial charge in [0.05, 0.1) is 6.10 Å². The quantitative estimate of drug-likeness (QED) is 0.684. The lowest BCUT2D eigenvalue weighted by Crippen LogP contribution is -2.31. The minimum absolute atomic E-state index is 0.132. The second-order valence-corrected chi connectivity index (χ2v) is 5.23. The Morgan fingerprint density at radius 3 is 3.10 bits per heavy atom. The number of nitrogens with zero attached hydrogens (tertiary/aromatic N) is 4. The number of ether oxygens (including phenoxy) is 1. The molecule has 2 atom stereocenters. The number of hydrogen-bond acceptors (Lipinski definition) is 6. The molecule has 0 saturated heterocycles. The van der Waals surface area contributed by atoms with Gasteiger partial charge in [0.15, 0.2) is 5.82 Å². The predicted octanol–water partition coefficient (Wildman–Crippen LogP) is 2.01. The van der Waals surface area contributed by atoms with E-state index in [0.29, 0.717) is 11.5 Å². The Hall–Kier alpha value is -2.22. The van der Waals surface area contributed by atoms with Crippen molar-refractivity contribution >= 4 is 17.3 Å². The highest BCUT2D eigenvalue weighted by Gasteiger charge is 2.23. The van der Waals surface area contributed by atoms with Crippen molar-refractivity contribution in [1.29, 1.82) is 0 Å². The van der Waals surface area contributed by atoms with Gasteiger partial charge in [0.25, 0.3) is 0 Å². The van der Waals surface area contributed by atoms with Crippen LogP contribution in [0.15, 0.2) is 18.3 Å². The van der Waals surface area contributed by atoms with Gasteiger partial charge in [0.1, 0.15) is 6.20 Å². The highest BCUT2D eigenvalue weighted by atomic mass is 16.6. The molecule has 0 amide bonds. The van der Waals surface area contributed by atoms with E-state index in [0.717, 1.165) is 25.7 Å². The Morgan fingerprint density at radius 1 is 1.48 bits per heavy atom. The molecule has 112 valence electrons. The minimum atomic E-state index is -0.488. The lowest BCUT2D eigenvalue weighted by atomic mass is 9.93. The van der Waals surface area contributed by atoms with Gasteiger partial charge in [0.2, 0.25) is 5.65 Å². The lowest BCUT2D eigenvalue weighted by Gasteiger charge is -2.28. The highest BCUT2D eigenvalue weighted by molar-refractivity contribution is 5.48. The molecule has 1 aliphatic rings. The lowest BCUT2D eigenvalue weighted by molar-refractivity contribution is -0.391. The van der Waals surface area contributed by atoms with Crippen molar-refractivity contribution < 1.29 is 9.66 Å². The molecular weight excluding hydrogens is 274 g/mol. The van der Waals surface area contributed by atoms with E-state index in [2.05, 4.69) is 15.4 Å². The monoisotopic (exact) mass is 291 g/mol. The molecule has 0 radical (unpaired) electrons. The number of rotatable bonds is 4. The fraction of sp³-hybridized carbons (Fsp3) is 0.538. The third-order valence-corrected chi connectivity index (χ3v) is 3.84. The van der Waals surface area contributed by atoms with Crippen molar-refractivity contribution in [1.82, 2.24) is 14.6 Å². The van der Waals surface area contributed by atoms with Crippen molar-refractivity contribution in [2.75, 3.05) is 12.4 Å². The van der Waals surface area contributed by atoms with Gasteiger partial charge in [-0.2, -0.15) is 0 Å². The first kappa shape index (κ1) is 13.7. The number of fused-ring (bicyclic) bond motifs is 1. The van der Waals surface area contributed by atoms with Crippen molar-refractivity contribution in [3.63, 3.8) is 0 Å². The van der Waals surface area contributed by atoms with Crippen molar-refractivity contribution in [3.05, 3.63) is 28.4 Å². The standard InChI is InChI=1S/C13H17N5O3/c1-21-10-4-2-3-9(7-10)15-11-5-6-12-14-8-13(18(19)20)17(12)16-11/h5-6,8-10H,2-4,7H2,1H3,(H,15,16). The first-order valence-corrected chi connectivity index (χ1v) is 6.96. The number of imidazole rings is 1. The van der Waals surface area contributed by atoms with Gasteiger partial charge in [-0.25, -0.2) is 4.98 Å². The molecule has 8 nitrogen and oxygen atoms in total. The highest BCUT2D eigenvalue weighted by Crippen LogP contribution is 2.23. The summed E-state index contributed by atoms with van der Waals surface area (Å²) in [6.07, 6.45) is 5.63. The summed E-state index contributed by atoms with van der Waals surface area (Å²) >= 11 is 0. The molecule has 3 rings (SSSR count). The van der Waals surface area contributed by atoms with Crippen LogP contribution >= 0.6 is 0 Å². The van der Waals surface area contributed by atoms with Crippen LogP contribution in [-0.2, 0) is 4.74 Å². The maximum absolute atomic E-state index is 10.9. The first-order valence-electron chi connectivity index (χ1n) is 6.96. The van der Waals surface area contributed by atoms with Crippen LogP contribution in [0.4, 0.5) is 11.6 Å². The molecule has 1 fully saturated rings. The summed E-state index contributed by atoms with van der Waals surface area (Å²) in [6, 6.07) is 3.79. The Labute approximate surface area is 121 Å². The van der Waals surface area contributed by atoms with Gasteiger partial charge in [-0.1, -0.05) is 9.61 Å². The van der Waals surface area contributed by atoms with E-state index in [1.165, 1.54) is 10.7 Å². The average Bonchev–Trinajstić information content (AvgIpc) is 2.91. The number of methoxy groups -OCH3 is 1. The van der Waals surface area contributed by atoms with Crippen molar-refractivity contribution in [3.8, 4) is 0 Å². The van der Waals surface area contributed by atoms with Crippen LogP contribution in [0.25, 0.3) is 5.65 Å². The average molecular weight is 291 g/mol. The summed E-state index contributed by atoms with van der Waals surface area (Å²) in [6.45, 7) is 0. The fourth-order valence-corrected chi connectivity index (χ4v) is 2.76.